The fraction of sp³-hybridized carbons (Fsp3) is 0.0833. The molecule has 0 unspecified atom stereocenters. The number of rotatable bonds is 2. The molecule has 1 aromatic heterocycles. The van der Waals surface area contributed by atoms with Crippen LogP contribution in [-0.4, -0.2) is 12.0 Å². The lowest BCUT2D eigenvalue weighted by atomic mass is 10.0. The molecule has 0 saturated heterocycles. The van der Waals surface area contributed by atoms with Gasteiger partial charge in [0.05, 0.1) is 0 Å². The van der Waals surface area contributed by atoms with Gasteiger partial charge in [-0.15, -0.1) is 0 Å². The van der Waals surface area contributed by atoms with Crippen molar-refractivity contribution in [3.63, 3.8) is 0 Å². The molecule has 82 valence electrons. The van der Waals surface area contributed by atoms with E-state index in [-0.39, 0.29) is 5.56 Å². The van der Waals surface area contributed by atoms with Crippen LogP contribution in [0.15, 0.2) is 36.5 Å². The van der Waals surface area contributed by atoms with Crippen LogP contribution in [0.1, 0.15) is 0 Å². The second-order valence-electron chi connectivity index (χ2n) is 3.26. The van der Waals surface area contributed by atoms with E-state index in [0.717, 1.165) is 5.69 Å². The number of para-hydroxylation sites is 1. The van der Waals surface area contributed by atoms with E-state index in [2.05, 4.69) is 10.3 Å². The summed E-state index contributed by atoms with van der Waals surface area (Å²) in [5.74, 6) is -2.01. The highest BCUT2D eigenvalue weighted by atomic mass is 19.2. The van der Waals surface area contributed by atoms with Crippen molar-refractivity contribution in [1.82, 2.24) is 4.98 Å². The average Bonchev–Trinajstić information content (AvgIpc) is 2.33. The Morgan fingerprint density at radius 3 is 2.56 bits per heavy atom. The molecule has 0 spiro atoms. The Balaban J connectivity index is 2.63. The zero-order valence-corrected chi connectivity index (χ0v) is 8.67. The summed E-state index contributed by atoms with van der Waals surface area (Å²) in [6, 6.07) is 8.57. The van der Waals surface area contributed by atoms with E-state index in [9.17, 15) is 8.78 Å². The molecule has 2 aromatic rings. The van der Waals surface area contributed by atoms with Crippen molar-refractivity contribution in [1.29, 1.82) is 0 Å². The summed E-state index contributed by atoms with van der Waals surface area (Å²) in [4.78, 5) is 3.26. The first-order valence-electron chi connectivity index (χ1n) is 4.81. The highest BCUT2D eigenvalue weighted by Gasteiger charge is 2.12. The normalized spacial score (nSPS) is 10.2. The molecule has 0 aliphatic heterocycles. The van der Waals surface area contributed by atoms with Crippen LogP contribution < -0.4 is 5.32 Å². The summed E-state index contributed by atoms with van der Waals surface area (Å²) in [5.41, 5.74) is 1.56. The van der Waals surface area contributed by atoms with Gasteiger partial charge in [-0.2, -0.15) is 4.39 Å². The lowest BCUT2D eigenvalue weighted by Crippen LogP contribution is -1.96. The van der Waals surface area contributed by atoms with Crippen LogP contribution >= 0.6 is 0 Å². The van der Waals surface area contributed by atoms with Crippen molar-refractivity contribution >= 4 is 5.69 Å². The molecule has 1 N–H and O–H groups in total. The number of halogens is 2. The van der Waals surface area contributed by atoms with E-state index < -0.39 is 11.8 Å². The van der Waals surface area contributed by atoms with Crippen molar-refractivity contribution in [2.75, 3.05) is 12.4 Å². The molecule has 0 aliphatic rings. The Hall–Kier alpha value is -1.97. The molecule has 0 saturated carbocycles. The second-order valence-corrected chi connectivity index (χ2v) is 3.26. The van der Waals surface area contributed by atoms with E-state index >= 15 is 0 Å². The van der Waals surface area contributed by atoms with Crippen LogP contribution in [0.5, 0.6) is 0 Å². The molecule has 2 rings (SSSR count). The maximum absolute atomic E-state index is 13.5. The quantitative estimate of drug-likeness (QED) is 0.787. The van der Waals surface area contributed by atoms with Crippen LogP contribution in [-0.2, 0) is 0 Å². The molecule has 0 atom stereocenters. The van der Waals surface area contributed by atoms with Crippen LogP contribution in [0.25, 0.3) is 11.1 Å². The highest BCUT2D eigenvalue weighted by molar-refractivity contribution is 5.77. The fourth-order valence-electron chi connectivity index (χ4n) is 1.56. The fourth-order valence-corrected chi connectivity index (χ4v) is 1.56. The van der Waals surface area contributed by atoms with E-state index in [4.69, 9.17) is 0 Å². The number of aromatic nitrogens is 1. The molecule has 0 radical (unpaired) electrons. The van der Waals surface area contributed by atoms with Gasteiger partial charge in [0.15, 0.2) is 5.82 Å². The monoisotopic (exact) mass is 220 g/mol. The van der Waals surface area contributed by atoms with Crippen molar-refractivity contribution < 1.29 is 8.78 Å². The largest absolute Gasteiger partial charge is 0.388 e. The van der Waals surface area contributed by atoms with Crippen LogP contribution in [0.3, 0.4) is 0 Å². The van der Waals surface area contributed by atoms with Gasteiger partial charge in [-0.05, 0) is 12.1 Å². The zero-order valence-electron chi connectivity index (χ0n) is 8.67. The molecule has 1 aromatic carbocycles. The Morgan fingerprint density at radius 2 is 1.81 bits per heavy atom. The lowest BCUT2D eigenvalue weighted by molar-refractivity contribution is 0.482. The van der Waals surface area contributed by atoms with Gasteiger partial charge < -0.3 is 5.32 Å². The number of nitrogens with zero attached hydrogens (tertiary/aromatic N) is 1. The maximum atomic E-state index is 13.5. The zero-order chi connectivity index (χ0) is 11.5. The first-order valence-corrected chi connectivity index (χ1v) is 4.81. The third kappa shape index (κ3) is 1.74. The van der Waals surface area contributed by atoms with Gasteiger partial charge in [0.1, 0.15) is 0 Å². The molecule has 0 fully saturated rings. The maximum Gasteiger partial charge on any atom is 0.249 e. The third-order valence-electron chi connectivity index (χ3n) is 2.33. The number of benzene rings is 1. The van der Waals surface area contributed by atoms with E-state index in [1.165, 1.54) is 12.3 Å². The smallest absolute Gasteiger partial charge is 0.249 e. The summed E-state index contributed by atoms with van der Waals surface area (Å²) in [6.45, 7) is 0. The molecule has 1 heterocycles. The number of hydrogen-bond acceptors (Lipinski definition) is 2. The summed E-state index contributed by atoms with van der Waals surface area (Å²) < 4.78 is 26.5. The molecule has 16 heavy (non-hydrogen) atoms. The molecule has 2 nitrogen and oxygen atoms in total. The van der Waals surface area contributed by atoms with Crippen molar-refractivity contribution in [2.45, 2.75) is 0 Å². The first-order chi connectivity index (χ1) is 7.74. The Kier molecular flexibility index (Phi) is 2.81. The average molecular weight is 220 g/mol. The summed E-state index contributed by atoms with van der Waals surface area (Å²) in [5, 5.41) is 2.93. The molecule has 0 amide bonds. The van der Waals surface area contributed by atoms with Gasteiger partial charge in [0.2, 0.25) is 5.95 Å². The van der Waals surface area contributed by atoms with Crippen molar-refractivity contribution in [3.05, 3.63) is 48.3 Å². The topological polar surface area (TPSA) is 24.9 Å². The first kappa shape index (κ1) is 10.5. The second kappa shape index (κ2) is 4.26. The van der Waals surface area contributed by atoms with Crippen LogP contribution in [0.4, 0.5) is 14.5 Å². The minimum absolute atomic E-state index is 0.206. The summed E-state index contributed by atoms with van der Waals surface area (Å²) in [6.07, 6.45) is 1.25. The Morgan fingerprint density at radius 1 is 1.06 bits per heavy atom. The predicted octanol–water partition coefficient (Wildman–Crippen LogP) is 3.07. The number of hydrogen-bond donors (Lipinski definition) is 1. The van der Waals surface area contributed by atoms with Gasteiger partial charge in [-0.3, -0.25) is 0 Å². The van der Waals surface area contributed by atoms with E-state index in [1.54, 1.807) is 25.2 Å². The van der Waals surface area contributed by atoms with Gasteiger partial charge in [-0.1, -0.05) is 18.2 Å². The standard InChI is InChI=1S/C12H10F2N2/c1-15-10-5-3-2-4-8(10)9-6-7-16-12(14)11(9)13/h2-7,15H,1H3. The van der Waals surface area contributed by atoms with Gasteiger partial charge in [0.25, 0.3) is 0 Å². The summed E-state index contributed by atoms with van der Waals surface area (Å²) >= 11 is 0. The van der Waals surface area contributed by atoms with E-state index in [0.29, 0.717) is 5.56 Å². The van der Waals surface area contributed by atoms with Crippen LogP contribution in [0.2, 0.25) is 0 Å². The molecular weight excluding hydrogens is 210 g/mol. The third-order valence-corrected chi connectivity index (χ3v) is 2.33. The minimum Gasteiger partial charge on any atom is -0.388 e. The number of nitrogens with one attached hydrogen (secondary N) is 1. The predicted molar refractivity (Wildman–Crippen MR) is 59.1 cm³/mol. The molecule has 0 bridgehead atoms. The SMILES string of the molecule is CNc1ccccc1-c1ccnc(F)c1F. The summed E-state index contributed by atoms with van der Waals surface area (Å²) in [7, 11) is 1.73. The molecule has 4 heteroatoms. The Labute approximate surface area is 92.0 Å². The molecular formula is C12H10F2N2. The van der Waals surface area contributed by atoms with Gasteiger partial charge in [0, 0.05) is 30.1 Å². The van der Waals surface area contributed by atoms with Crippen molar-refractivity contribution in [3.8, 4) is 11.1 Å². The van der Waals surface area contributed by atoms with E-state index in [1.807, 2.05) is 6.07 Å². The van der Waals surface area contributed by atoms with Crippen LogP contribution in [0, 0.1) is 11.8 Å². The van der Waals surface area contributed by atoms with Gasteiger partial charge in [-0.25, -0.2) is 9.37 Å². The highest BCUT2D eigenvalue weighted by Crippen LogP contribution is 2.29. The number of anilines is 1. The minimum atomic E-state index is -1.08. The number of pyridine rings is 1. The molecule has 0 aliphatic carbocycles. The van der Waals surface area contributed by atoms with Crippen molar-refractivity contribution in [2.24, 2.45) is 0 Å². The Bertz CT molecular complexity index is 512. The van der Waals surface area contributed by atoms with Gasteiger partial charge >= 0.3 is 0 Å². The lowest BCUT2D eigenvalue weighted by Gasteiger charge is -2.09.